The summed E-state index contributed by atoms with van der Waals surface area (Å²) in [6.45, 7) is 3.98. The Bertz CT molecular complexity index is 1440. The van der Waals surface area contributed by atoms with E-state index in [-0.39, 0.29) is 30.7 Å². The maximum atomic E-state index is 14.0. The highest BCUT2D eigenvalue weighted by atomic mass is 16.4. The lowest BCUT2D eigenvalue weighted by molar-refractivity contribution is -0.145. The average molecular weight is 521 g/mol. The minimum absolute atomic E-state index is 0.0412. The Morgan fingerprint density at radius 3 is 2.42 bits per heavy atom. The van der Waals surface area contributed by atoms with E-state index in [0.29, 0.717) is 18.4 Å². The zero-order valence-electron chi connectivity index (χ0n) is 21.4. The SMILES string of the molecule is CC(C)C[C@H](NC(=O)[C@@H]1CCCN1C(=O)[C@H](Cc1ccccc1)n1c(=O)[nH]c2ccccc2c1=O)C(=O)O. The Kier molecular flexibility index (Phi) is 8.09. The number of hydrogen-bond donors (Lipinski definition) is 3. The van der Waals surface area contributed by atoms with Crippen molar-refractivity contribution in [2.75, 3.05) is 6.54 Å². The number of aliphatic carboxylic acids is 1. The first kappa shape index (κ1) is 26.8. The molecule has 2 amide bonds. The Morgan fingerprint density at radius 1 is 1.05 bits per heavy atom. The second kappa shape index (κ2) is 11.5. The second-order valence-electron chi connectivity index (χ2n) is 10.1. The van der Waals surface area contributed by atoms with Gasteiger partial charge in [-0.3, -0.25) is 14.4 Å². The van der Waals surface area contributed by atoms with Gasteiger partial charge >= 0.3 is 11.7 Å². The molecule has 10 nitrogen and oxygen atoms in total. The predicted octanol–water partition coefficient (Wildman–Crippen LogP) is 2.08. The van der Waals surface area contributed by atoms with E-state index in [2.05, 4.69) is 10.3 Å². The molecule has 3 N–H and O–H groups in total. The number of hydrogen-bond acceptors (Lipinski definition) is 5. The lowest BCUT2D eigenvalue weighted by atomic mass is 10.0. The van der Waals surface area contributed by atoms with E-state index in [0.717, 1.165) is 10.1 Å². The molecule has 0 saturated carbocycles. The number of fused-ring (bicyclic) bond motifs is 1. The molecule has 1 aliphatic heterocycles. The molecule has 3 aromatic rings. The lowest BCUT2D eigenvalue weighted by Crippen LogP contribution is -2.54. The van der Waals surface area contributed by atoms with Crippen LogP contribution in [-0.4, -0.2) is 56.0 Å². The zero-order valence-corrected chi connectivity index (χ0v) is 21.4. The van der Waals surface area contributed by atoms with E-state index in [9.17, 15) is 29.1 Å². The number of para-hydroxylation sites is 1. The fourth-order valence-corrected chi connectivity index (χ4v) is 5.04. The molecule has 10 heteroatoms. The second-order valence-corrected chi connectivity index (χ2v) is 10.1. The minimum Gasteiger partial charge on any atom is -0.480 e. The molecule has 4 rings (SSSR count). The fraction of sp³-hybridized carbons (Fsp3) is 0.393. The third kappa shape index (κ3) is 5.69. The van der Waals surface area contributed by atoms with Crippen LogP contribution in [0, 0.1) is 5.92 Å². The van der Waals surface area contributed by atoms with Gasteiger partial charge in [-0.1, -0.05) is 56.3 Å². The number of carboxylic acid groups (broad SMARTS) is 1. The molecule has 0 spiro atoms. The minimum atomic E-state index is -1.20. The van der Waals surface area contributed by atoms with Crippen molar-refractivity contribution in [3.63, 3.8) is 0 Å². The van der Waals surface area contributed by atoms with Gasteiger partial charge in [0.15, 0.2) is 0 Å². The standard InChI is InChI=1S/C28H32N4O6/c1-17(2)15-21(27(36)37)29-24(33)22-13-8-14-31(22)26(35)23(16-18-9-4-3-5-10-18)32-25(34)19-11-6-7-12-20(19)30-28(32)38/h3-7,9-12,17,21-23H,8,13-16H2,1-2H3,(H,29,33)(H,30,38)(H,36,37)/t21-,22-,23-/m0/s1. The van der Waals surface area contributed by atoms with Gasteiger partial charge in [0.25, 0.3) is 5.56 Å². The van der Waals surface area contributed by atoms with Gasteiger partial charge < -0.3 is 20.3 Å². The van der Waals surface area contributed by atoms with E-state index in [1.54, 1.807) is 48.5 Å². The van der Waals surface area contributed by atoms with Crippen LogP contribution >= 0.6 is 0 Å². The monoisotopic (exact) mass is 520 g/mol. The summed E-state index contributed by atoms with van der Waals surface area (Å²) in [5.41, 5.74) is -0.200. The fourth-order valence-electron chi connectivity index (χ4n) is 5.04. The van der Waals surface area contributed by atoms with Gasteiger partial charge in [0.2, 0.25) is 11.8 Å². The average Bonchev–Trinajstić information content (AvgIpc) is 3.38. The smallest absolute Gasteiger partial charge is 0.329 e. The number of nitrogens with zero attached hydrogens (tertiary/aromatic N) is 2. The molecule has 0 aliphatic carbocycles. The number of carboxylic acids is 1. The number of carbonyl (C=O) groups excluding carboxylic acids is 2. The lowest BCUT2D eigenvalue weighted by Gasteiger charge is -2.30. The molecule has 38 heavy (non-hydrogen) atoms. The van der Waals surface area contributed by atoms with Crippen LogP contribution in [-0.2, 0) is 20.8 Å². The van der Waals surface area contributed by atoms with Crippen molar-refractivity contribution >= 4 is 28.7 Å². The summed E-state index contributed by atoms with van der Waals surface area (Å²) in [4.78, 5) is 69.6. The Labute approximate surface area is 219 Å². The highest BCUT2D eigenvalue weighted by molar-refractivity contribution is 5.92. The van der Waals surface area contributed by atoms with Crippen LogP contribution < -0.4 is 16.6 Å². The van der Waals surface area contributed by atoms with E-state index in [4.69, 9.17) is 0 Å². The van der Waals surface area contributed by atoms with Crippen molar-refractivity contribution in [3.05, 3.63) is 81.0 Å². The normalized spacial score (nSPS) is 16.9. The summed E-state index contributed by atoms with van der Waals surface area (Å²) in [5.74, 6) is -2.19. The number of aromatic nitrogens is 2. The van der Waals surface area contributed by atoms with E-state index in [1.807, 2.05) is 19.9 Å². The number of benzene rings is 2. The van der Waals surface area contributed by atoms with Crippen molar-refractivity contribution in [2.24, 2.45) is 5.92 Å². The predicted molar refractivity (Wildman–Crippen MR) is 142 cm³/mol. The summed E-state index contributed by atoms with van der Waals surface area (Å²) in [6.07, 6.45) is 1.20. The largest absolute Gasteiger partial charge is 0.480 e. The molecule has 1 aliphatic rings. The van der Waals surface area contributed by atoms with Gasteiger partial charge in [-0.25, -0.2) is 14.2 Å². The molecule has 3 atom stereocenters. The zero-order chi connectivity index (χ0) is 27.4. The van der Waals surface area contributed by atoms with E-state index >= 15 is 0 Å². The molecule has 1 aromatic heterocycles. The van der Waals surface area contributed by atoms with Crippen LogP contribution in [0.1, 0.15) is 44.7 Å². The van der Waals surface area contributed by atoms with Gasteiger partial charge in [0.05, 0.1) is 10.9 Å². The number of carbonyl (C=O) groups is 3. The molecule has 200 valence electrons. The third-order valence-corrected chi connectivity index (χ3v) is 6.87. The number of amides is 2. The Hall–Kier alpha value is -4.21. The summed E-state index contributed by atoms with van der Waals surface area (Å²) in [7, 11) is 0. The van der Waals surface area contributed by atoms with Gasteiger partial charge in [-0.15, -0.1) is 0 Å². The van der Waals surface area contributed by atoms with Gasteiger partial charge in [-0.05, 0) is 42.9 Å². The Morgan fingerprint density at radius 2 is 1.74 bits per heavy atom. The highest BCUT2D eigenvalue weighted by Crippen LogP contribution is 2.24. The highest BCUT2D eigenvalue weighted by Gasteiger charge is 2.40. The van der Waals surface area contributed by atoms with Crippen molar-refractivity contribution < 1.29 is 19.5 Å². The van der Waals surface area contributed by atoms with Crippen molar-refractivity contribution in [1.82, 2.24) is 19.8 Å². The summed E-state index contributed by atoms with van der Waals surface area (Å²) < 4.78 is 0.934. The van der Waals surface area contributed by atoms with Crippen molar-refractivity contribution in [3.8, 4) is 0 Å². The summed E-state index contributed by atoms with van der Waals surface area (Å²) >= 11 is 0. The first-order valence-corrected chi connectivity index (χ1v) is 12.8. The Balaban J connectivity index is 1.71. The number of likely N-dealkylation sites (tertiary alicyclic amines) is 1. The van der Waals surface area contributed by atoms with Crippen LogP contribution in [0.3, 0.4) is 0 Å². The first-order chi connectivity index (χ1) is 18.2. The van der Waals surface area contributed by atoms with Crippen LogP contribution in [0.5, 0.6) is 0 Å². The molecule has 1 saturated heterocycles. The molecular formula is C28H32N4O6. The molecule has 0 unspecified atom stereocenters. The van der Waals surface area contributed by atoms with Gasteiger partial charge in [-0.2, -0.15) is 0 Å². The van der Waals surface area contributed by atoms with Crippen LogP contribution in [0.4, 0.5) is 0 Å². The molecule has 2 heterocycles. The van der Waals surface area contributed by atoms with Gasteiger partial charge in [0.1, 0.15) is 18.1 Å². The van der Waals surface area contributed by atoms with Crippen LogP contribution in [0.15, 0.2) is 64.2 Å². The molecule has 0 bridgehead atoms. The number of aromatic amines is 1. The quantitative estimate of drug-likeness (QED) is 0.394. The molecule has 2 aromatic carbocycles. The van der Waals surface area contributed by atoms with E-state index < -0.39 is 47.2 Å². The van der Waals surface area contributed by atoms with Crippen LogP contribution in [0.2, 0.25) is 0 Å². The topological polar surface area (TPSA) is 142 Å². The first-order valence-electron chi connectivity index (χ1n) is 12.8. The molecule has 0 radical (unpaired) electrons. The maximum Gasteiger partial charge on any atom is 0.329 e. The number of H-pyrrole nitrogens is 1. The van der Waals surface area contributed by atoms with Crippen LogP contribution in [0.25, 0.3) is 10.9 Å². The third-order valence-electron chi connectivity index (χ3n) is 6.87. The van der Waals surface area contributed by atoms with Crippen molar-refractivity contribution in [2.45, 2.75) is 57.7 Å². The summed E-state index contributed by atoms with van der Waals surface area (Å²) in [5, 5.41) is 12.4. The number of nitrogens with one attached hydrogen (secondary N) is 2. The molecular weight excluding hydrogens is 488 g/mol. The maximum absolute atomic E-state index is 14.0. The molecule has 1 fully saturated rings. The summed E-state index contributed by atoms with van der Waals surface area (Å²) in [6, 6.07) is 12.4. The van der Waals surface area contributed by atoms with E-state index in [1.165, 1.54) is 4.90 Å². The van der Waals surface area contributed by atoms with Gasteiger partial charge in [0, 0.05) is 13.0 Å². The number of rotatable bonds is 9. The van der Waals surface area contributed by atoms with Crippen molar-refractivity contribution in [1.29, 1.82) is 0 Å².